The van der Waals surface area contributed by atoms with Crippen LogP contribution in [0.4, 0.5) is 0 Å². The molecule has 0 aromatic heterocycles. The van der Waals surface area contributed by atoms with Crippen LogP contribution in [0.2, 0.25) is 10.0 Å². The third-order valence-electron chi connectivity index (χ3n) is 5.19. The number of carbonyl (C=O) groups excluding carboxylic acids is 1. The van der Waals surface area contributed by atoms with Crippen LogP contribution < -0.4 is 0 Å². The van der Waals surface area contributed by atoms with Gasteiger partial charge in [0.25, 0.3) is 0 Å². The Morgan fingerprint density at radius 2 is 2.12 bits per heavy atom. The summed E-state index contributed by atoms with van der Waals surface area (Å²) in [6.07, 6.45) is 5.92. The molecule has 4 atom stereocenters. The van der Waals surface area contributed by atoms with Crippen molar-refractivity contribution in [3.8, 4) is 0 Å². The van der Waals surface area contributed by atoms with Crippen LogP contribution in [0.1, 0.15) is 56.9 Å². The summed E-state index contributed by atoms with van der Waals surface area (Å²) in [7, 11) is 0. The number of halogens is 2. The summed E-state index contributed by atoms with van der Waals surface area (Å²) in [5.41, 5.74) is 1.17. The third kappa shape index (κ3) is 4.07. The van der Waals surface area contributed by atoms with Crippen LogP contribution in [0.15, 0.2) is 18.2 Å². The van der Waals surface area contributed by atoms with Gasteiger partial charge in [-0.05, 0) is 49.3 Å². The molecule has 2 fully saturated rings. The predicted molar refractivity (Wildman–Crippen MR) is 95.7 cm³/mol. The summed E-state index contributed by atoms with van der Waals surface area (Å²) in [4.78, 5) is 11.9. The Balaban J connectivity index is 1.72. The van der Waals surface area contributed by atoms with Gasteiger partial charge in [-0.3, -0.25) is 4.79 Å². The molecule has 4 unspecified atom stereocenters. The van der Waals surface area contributed by atoms with E-state index in [0.29, 0.717) is 35.1 Å². The molecule has 0 aliphatic carbocycles. The van der Waals surface area contributed by atoms with E-state index >= 15 is 0 Å². The Morgan fingerprint density at radius 3 is 2.88 bits per heavy atom. The average Bonchev–Trinajstić information content (AvgIpc) is 2.96. The van der Waals surface area contributed by atoms with Crippen molar-refractivity contribution < 1.29 is 14.3 Å². The predicted octanol–water partition coefficient (Wildman–Crippen LogP) is 5.38. The largest absolute Gasteiger partial charge is 0.465 e. The highest BCUT2D eigenvalue weighted by Crippen LogP contribution is 2.46. The quantitative estimate of drug-likeness (QED) is 0.630. The number of hydrogen-bond acceptors (Lipinski definition) is 3. The molecular formula is C19H24Cl2O3. The fourth-order valence-corrected chi connectivity index (χ4v) is 4.18. The van der Waals surface area contributed by atoms with E-state index in [2.05, 4.69) is 6.92 Å². The van der Waals surface area contributed by atoms with Crippen LogP contribution in [0.5, 0.6) is 0 Å². The van der Waals surface area contributed by atoms with Gasteiger partial charge in [0.1, 0.15) is 0 Å². The van der Waals surface area contributed by atoms with E-state index in [1.807, 2.05) is 18.2 Å². The summed E-state index contributed by atoms with van der Waals surface area (Å²) in [5, 5.41) is 1.14. The molecule has 0 saturated carbocycles. The van der Waals surface area contributed by atoms with E-state index in [0.717, 1.165) is 32.1 Å². The summed E-state index contributed by atoms with van der Waals surface area (Å²) >= 11 is 12.3. The van der Waals surface area contributed by atoms with Gasteiger partial charge in [0.05, 0.1) is 28.9 Å². The van der Waals surface area contributed by atoms with Gasteiger partial charge in [-0.25, -0.2) is 0 Å². The van der Waals surface area contributed by atoms with Gasteiger partial charge in [-0.1, -0.05) is 42.6 Å². The van der Waals surface area contributed by atoms with Crippen molar-refractivity contribution in [2.24, 2.45) is 5.92 Å². The van der Waals surface area contributed by atoms with Gasteiger partial charge >= 0.3 is 5.97 Å². The lowest BCUT2D eigenvalue weighted by Gasteiger charge is -2.37. The molecule has 2 heterocycles. The summed E-state index contributed by atoms with van der Waals surface area (Å²) in [6.45, 7) is 2.49. The van der Waals surface area contributed by atoms with E-state index in [1.54, 1.807) is 0 Å². The first-order valence-electron chi connectivity index (χ1n) is 8.84. The number of unbranched alkanes of at least 4 members (excludes halogenated alkanes) is 1. The number of ether oxygens (including phenoxy) is 2. The van der Waals surface area contributed by atoms with E-state index in [1.165, 1.54) is 5.56 Å². The summed E-state index contributed by atoms with van der Waals surface area (Å²) in [6, 6.07) is 5.83. The molecule has 132 valence electrons. The van der Waals surface area contributed by atoms with E-state index in [4.69, 9.17) is 32.7 Å². The standard InChI is InChI=1S/C19H24Cl2O3/c1-2-3-4-19(22)23-11-15-14(10-13-6-8-18(15)24-13)12-5-7-16(20)17(21)9-12/h5,7,9,13-15,18H,2-4,6,8,10-11H2,1H3. The molecule has 2 aliphatic rings. The molecule has 24 heavy (non-hydrogen) atoms. The third-order valence-corrected chi connectivity index (χ3v) is 5.93. The molecule has 0 amide bonds. The second-order valence-electron chi connectivity index (χ2n) is 6.84. The summed E-state index contributed by atoms with van der Waals surface area (Å²) in [5.74, 6) is 0.376. The SMILES string of the molecule is CCCCC(=O)OCC1C2CCC(CC1c1ccc(Cl)c(Cl)c1)O2. The van der Waals surface area contributed by atoms with E-state index in [-0.39, 0.29) is 18.0 Å². The Bertz CT molecular complexity index is 590. The van der Waals surface area contributed by atoms with Crippen molar-refractivity contribution in [1.29, 1.82) is 0 Å². The number of fused-ring (bicyclic) bond motifs is 2. The van der Waals surface area contributed by atoms with Gasteiger partial charge in [-0.15, -0.1) is 0 Å². The molecule has 0 radical (unpaired) electrons. The zero-order valence-corrected chi connectivity index (χ0v) is 15.5. The Morgan fingerprint density at radius 1 is 1.29 bits per heavy atom. The van der Waals surface area contributed by atoms with Crippen LogP contribution in [-0.4, -0.2) is 24.8 Å². The molecule has 0 spiro atoms. The molecule has 2 aliphatic heterocycles. The molecule has 5 heteroatoms. The van der Waals surface area contributed by atoms with Crippen LogP contribution in [0, 0.1) is 5.92 Å². The normalized spacial score (nSPS) is 28.8. The maximum absolute atomic E-state index is 11.9. The van der Waals surface area contributed by atoms with E-state index < -0.39 is 0 Å². The summed E-state index contributed by atoms with van der Waals surface area (Å²) < 4.78 is 11.6. The lowest BCUT2D eigenvalue weighted by atomic mass is 9.79. The van der Waals surface area contributed by atoms with Gasteiger partial charge in [0, 0.05) is 12.3 Å². The molecule has 3 nitrogen and oxygen atoms in total. The smallest absolute Gasteiger partial charge is 0.305 e. The Kier molecular flexibility index (Phi) is 6.07. The van der Waals surface area contributed by atoms with Crippen LogP contribution in [-0.2, 0) is 14.3 Å². The highest BCUT2D eigenvalue weighted by molar-refractivity contribution is 6.42. The highest BCUT2D eigenvalue weighted by atomic mass is 35.5. The second kappa shape index (κ2) is 8.07. The van der Waals surface area contributed by atoms with Crippen molar-refractivity contribution in [2.75, 3.05) is 6.61 Å². The average molecular weight is 371 g/mol. The first kappa shape index (κ1) is 18.0. The van der Waals surface area contributed by atoms with Gasteiger partial charge in [0.2, 0.25) is 0 Å². The van der Waals surface area contributed by atoms with Gasteiger partial charge < -0.3 is 9.47 Å². The monoisotopic (exact) mass is 370 g/mol. The van der Waals surface area contributed by atoms with Crippen LogP contribution in [0.3, 0.4) is 0 Å². The van der Waals surface area contributed by atoms with Gasteiger partial charge in [0.15, 0.2) is 0 Å². The van der Waals surface area contributed by atoms with Gasteiger partial charge in [-0.2, -0.15) is 0 Å². The molecule has 3 rings (SSSR count). The molecule has 1 aromatic rings. The number of esters is 1. The van der Waals surface area contributed by atoms with Crippen molar-refractivity contribution >= 4 is 29.2 Å². The number of carbonyl (C=O) groups is 1. The number of rotatable bonds is 6. The first-order chi connectivity index (χ1) is 11.6. The van der Waals surface area contributed by atoms with Crippen molar-refractivity contribution in [3.05, 3.63) is 33.8 Å². The van der Waals surface area contributed by atoms with Crippen molar-refractivity contribution in [3.63, 3.8) is 0 Å². The zero-order chi connectivity index (χ0) is 17.1. The topological polar surface area (TPSA) is 35.5 Å². The number of hydrogen-bond donors (Lipinski definition) is 0. The molecule has 2 saturated heterocycles. The minimum Gasteiger partial charge on any atom is -0.465 e. The van der Waals surface area contributed by atoms with Crippen molar-refractivity contribution in [2.45, 2.75) is 63.6 Å². The lowest BCUT2D eigenvalue weighted by molar-refractivity contribution is -0.149. The highest BCUT2D eigenvalue weighted by Gasteiger charge is 2.44. The number of benzene rings is 1. The van der Waals surface area contributed by atoms with Crippen LogP contribution in [0.25, 0.3) is 0 Å². The minimum absolute atomic E-state index is 0.107. The minimum atomic E-state index is -0.107. The zero-order valence-electron chi connectivity index (χ0n) is 14.0. The fraction of sp³-hybridized carbons (Fsp3) is 0.632. The fourth-order valence-electron chi connectivity index (χ4n) is 3.87. The molecule has 1 aromatic carbocycles. The maximum atomic E-state index is 11.9. The Hall–Kier alpha value is -0.770. The second-order valence-corrected chi connectivity index (χ2v) is 7.65. The van der Waals surface area contributed by atoms with Crippen LogP contribution >= 0.6 is 23.2 Å². The van der Waals surface area contributed by atoms with E-state index in [9.17, 15) is 4.79 Å². The van der Waals surface area contributed by atoms with Crippen molar-refractivity contribution in [1.82, 2.24) is 0 Å². The maximum Gasteiger partial charge on any atom is 0.305 e. The Labute approximate surface area is 153 Å². The lowest BCUT2D eigenvalue weighted by Crippen LogP contribution is -2.37. The molecule has 2 bridgehead atoms. The molecule has 0 N–H and O–H groups in total. The molecular weight excluding hydrogens is 347 g/mol. The first-order valence-corrected chi connectivity index (χ1v) is 9.60.